The van der Waals surface area contributed by atoms with Gasteiger partial charge in [0, 0.05) is 13.1 Å². The van der Waals surface area contributed by atoms with Gasteiger partial charge in [-0.25, -0.2) is 3.96 Å². The first-order valence-electron chi connectivity index (χ1n) is 6.55. The Bertz CT molecular complexity index is 593. The second-order valence-electron chi connectivity index (χ2n) is 5.21. The van der Waals surface area contributed by atoms with E-state index in [1.165, 1.54) is 12.8 Å². The molecule has 3 rings (SSSR count). The van der Waals surface area contributed by atoms with Crippen LogP contribution in [0, 0.1) is 5.92 Å². The predicted octanol–water partition coefficient (Wildman–Crippen LogP) is 2.75. The highest BCUT2D eigenvalue weighted by Gasteiger charge is 2.17. The monoisotopic (exact) mass is 262 g/mol. The molecule has 0 radical (unpaired) electrons. The maximum absolute atomic E-state index is 12.2. The van der Waals surface area contributed by atoms with Crippen LogP contribution in [0.4, 0.5) is 0 Å². The number of rotatable bonds is 2. The smallest absolute Gasteiger partial charge is 0.269 e. The summed E-state index contributed by atoms with van der Waals surface area (Å²) in [5.41, 5.74) is 0.161. The van der Waals surface area contributed by atoms with Gasteiger partial charge in [-0.15, -0.1) is 0 Å². The molecular weight excluding hydrogens is 244 g/mol. The lowest BCUT2D eigenvalue weighted by Gasteiger charge is -2.29. The normalized spacial score (nSPS) is 18.5. The number of piperidine rings is 1. The van der Waals surface area contributed by atoms with E-state index in [9.17, 15) is 4.79 Å². The van der Waals surface area contributed by atoms with Crippen LogP contribution in [0.3, 0.4) is 0 Å². The fourth-order valence-corrected chi connectivity index (χ4v) is 3.53. The van der Waals surface area contributed by atoms with Crippen LogP contribution in [0.15, 0.2) is 29.1 Å². The third-order valence-electron chi connectivity index (χ3n) is 3.76. The molecule has 0 bridgehead atoms. The minimum atomic E-state index is 0.161. The molecular formula is C14H18N2OS. The Morgan fingerprint density at radius 2 is 2.00 bits per heavy atom. The van der Waals surface area contributed by atoms with Gasteiger partial charge in [-0.2, -0.15) is 0 Å². The lowest BCUT2D eigenvalue weighted by molar-refractivity contribution is 0.158. The van der Waals surface area contributed by atoms with Gasteiger partial charge in [0.1, 0.15) is 0 Å². The Kier molecular flexibility index (Phi) is 3.22. The van der Waals surface area contributed by atoms with Gasteiger partial charge in [-0.3, -0.25) is 9.69 Å². The maximum atomic E-state index is 12.2. The minimum Gasteiger partial charge on any atom is -0.285 e. The molecule has 1 aromatic carbocycles. The van der Waals surface area contributed by atoms with Gasteiger partial charge >= 0.3 is 0 Å². The van der Waals surface area contributed by atoms with E-state index >= 15 is 0 Å². The molecule has 1 aliphatic heterocycles. The van der Waals surface area contributed by atoms with Crippen molar-refractivity contribution in [2.75, 3.05) is 13.1 Å². The van der Waals surface area contributed by atoms with E-state index in [0.29, 0.717) is 0 Å². The molecule has 18 heavy (non-hydrogen) atoms. The molecule has 1 aliphatic rings. The number of hydrogen-bond donors (Lipinski definition) is 0. The number of aromatic nitrogens is 1. The van der Waals surface area contributed by atoms with Crippen LogP contribution in [-0.4, -0.2) is 21.9 Å². The summed E-state index contributed by atoms with van der Waals surface area (Å²) in [5, 5.41) is 0.855. The molecule has 0 aliphatic carbocycles. The van der Waals surface area contributed by atoms with E-state index in [-0.39, 0.29) is 5.56 Å². The highest BCUT2D eigenvalue weighted by atomic mass is 32.1. The first-order valence-corrected chi connectivity index (χ1v) is 7.32. The standard InChI is InChI=1S/C14H18N2OS/c1-11-6-8-15(9-7-11)10-16-14(17)12-4-2-3-5-13(12)18-16/h2-5,11H,6-10H2,1H3. The van der Waals surface area contributed by atoms with Crippen LogP contribution >= 0.6 is 11.5 Å². The summed E-state index contributed by atoms with van der Waals surface area (Å²) in [5.74, 6) is 0.834. The van der Waals surface area contributed by atoms with E-state index in [0.717, 1.165) is 35.8 Å². The lowest BCUT2D eigenvalue weighted by Crippen LogP contribution is -2.36. The highest BCUT2D eigenvalue weighted by molar-refractivity contribution is 7.13. The van der Waals surface area contributed by atoms with Crippen molar-refractivity contribution in [1.82, 2.24) is 8.86 Å². The summed E-state index contributed by atoms with van der Waals surface area (Å²) in [6.07, 6.45) is 2.50. The van der Waals surface area contributed by atoms with Gasteiger partial charge < -0.3 is 0 Å². The summed E-state index contributed by atoms with van der Waals surface area (Å²) >= 11 is 1.58. The first-order chi connectivity index (χ1) is 8.74. The van der Waals surface area contributed by atoms with Crippen LogP contribution in [0.2, 0.25) is 0 Å². The minimum absolute atomic E-state index is 0.161. The predicted molar refractivity (Wildman–Crippen MR) is 76.1 cm³/mol. The van der Waals surface area contributed by atoms with Crippen molar-refractivity contribution < 1.29 is 0 Å². The van der Waals surface area contributed by atoms with Gasteiger partial charge in [0.2, 0.25) is 0 Å². The number of benzene rings is 1. The second-order valence-corrected chi connectivity index (χ2v) is 6.28. The molecule has 1 fully saturated rings. The van der Waals surface area contributed by atoms with Gasteiger partial charge in [-0.05, 0) is 30.9 Å². The van der Waals surface area contributed by atoms with E-state index in [1.807, 2.05) is 28.2 Å². The molecule has 0 atom stereocenters. The molecule has 0 unspecified atom stereocenters. The number of nitrogens with zero attached hydrogens (tertiary/aromatic N) is 2. The molecule has 0 saturated carbocycles. The van der Waals surface area contributed by atoms with Crippen LogP contribution in [0.1, 0.15) is 19.8 Å². The fraction of sp³-hybridized carbons (Fsp3) is 0.500. The van der Waals surface area contributed by atoms with E-state index in [1.54, 1.807) is 11.5 Å². The highest BCUT2D eigenvalue weighted by Crippen LogP contribution is 2.19. The zero-order valence-corrected chi connectivity index (χ0v) is 11.4. The average molecular weight is 262 g/mol. The fourth-order valence-electron chi connectivity index (χ4n) is 2.50. The Morgan fingerprint density at radius 3 is 2.72 bits per heavy atom. The third-order valence-corrected chi connectivity index (χ3v) is 4.81. The van der Waals surface area contributed by atoms with Crippen molar-refractivity contribution in [2.45, 2.75) is 26.4 Å². The molecule has 0 N–H and O–H groups in total. The van der Waals surface area contributed by atoms with E-state index < -0.39 is 0 Å². The van der Waals surface area contributed by atoms with Crippen LogP contribution < -0.4 is 5.56 Å². The Labute approximate surface area is 111 Å². The molecule has 2 aromatic rings. The van der Waals surface area contributed by atoms with Crippen LogP contribution in [-0.2, 0) is 6.67 Å². The maximum Gasteiger partial charge on any atom is 0.269 e. The number of likely N-dealkylation sites (tertiary alicyclic amines) is 1. The molecule has 2 heterocycles. The molecule has 0 amide bonds. The van der Waals surface area contributed by atoms with E-state index in [4.69, 9.17) is 0 Å². The van der Waals surface area contributed by atoms with Crippen LogP contribution in [0.5, 0.6) is 0 Å². The summed E-state index contributed by atoms with van der Waals surface area (Å²) in [6, 6.07) is 7.87. The van der Waals surface area contributed by atoms with Gasteiger partial charge in [0.15, 0.2) is 0 Å². The molecule has 96 valence electrons. The van der Waals surface area contributed by atoms with Crippen molar-refractivity contribution in [2.24, 2.45) is 5.92 Å². The van der Waals surface area contributed by atoms with Gasteiger partial charge in [0.05, 0.1) is 16.8 Å². The SMILES string of the molecule is CC1CCN(Cn2sc3ccccc3c2=O)CC1. The molecule has 1 saturated heterocycles. The molecule has 0 spiro atoms. The summed E-state index contributed by atoms with van der Waals surface area (Å²) in [6.45, 7) is 5.29. The van der Waals surface area contributed by atoms with Crippen molar-refractivity contribution in [1.29, 1.82) is 0 Å². The molecule has 1 aromatic heterocycles. The second kappa shape index (κ2) is 4.86. The largest absolute Gasteiger partial charge is 0.285 e. The first kappa shape index (κ1) is 11.9. The molecule has 4 heteroatoms. The van der Waals surface area contributed by atoms with E-state index in [2.05, 4.69) is 11.8 Å². The van der Waals surface area contributed by atoms with Crippen molar-refractivity contribution in [3.63, 3.8) is 0 Å². The zero-order valence-electron chi connectivity index (χ0n) is 10.6. The third kappa shape index (κ3) is 2.22. The quantitative estimate of drug-likeness (QED) is 0.831. The topological polar surface area (TPSA) is 25.2 Å². The summed E-state index contributed by atoms with van der Waals surface area (Å²) in [7, 11) is 0. The Hall–Kier alpha value is -1.13. The summed E-state index contributed by atoms with van der Waals surface area (Å²) in [4.78, 5) is 14.6. The van der Waals surface area contributed by atoms with Gasteiger partial charge in [-0.1, -0.05) is 30.6 Å². The van der Waals surface area contributed by atoms with Crippen molar-refractivity contribution >= 4 is 21.6 Å². The van der Waals surface area contributed by atoms with Crippen molar-refractivity contribution in [3.8, 4) is 0 Å². The van der Waals surface area contributed by atoms with Crippen LogP contribution in [0.25, 0.3) is 10.1 Å². The lowest BCUT2D eigenvalue weighted by atomic mass is 10.00. The van der Waals surface area contributed by atoms with Crippen molar-refractivity contribution in [3.05, 3.63) is 34.6 Å². The molecule has 3 nitrogen and oxygen atoms in total. The Balaban J connectivity index is 1.82. The number of fused-ring (bicyclic) bond motifs is 1. The number of hydrogen-bond acceptors (Lipinski definition) is 3. The Morgan fingerprint density at radius 1 is 1.28 bits per heavy atom. The zero-order chi connectivity index (χ0) is 12.5. The average Bonchev–Trinajstić information content (AvgIpc) is 2.70. The van der Waals surface area contributed by atoms with Gasteiger partial charge in [0.25, 0.3) is 5.56 Å². The summed E-state index contributed by atoms with van der Waals surface area (Å²) < 4.78 is 2.98.